The number of carbonyl (C=O) groups excluding carboxylic acids is 2. The maximum absolute atomic E-state index is 13.0. The fourth-order valence-corrected chi connectivity index (χ4v) is 12.6. The van der Waals surface area contributed by atoms with Gasteiger partial charge in [0, 0.05) is 79.9 Å². The fraction of sp³-hybridized carbons (Fsp3) is 0.292. The largest absolute Gasteiger partial charge is 0.748 e. The van der Waals surface area contributed by atoms with E-state index in [1.54, 1.807) is 19.2 Å². The molecular weight excluding hydrogens is 1200 g/mol. The molecule has 468 valence electrons. The first kappa shape index (κ1) is 64.1. The van der Waals surface area contributed by atoms with Gasteiger partial charge in [-0.3, -0.25) is 24.4 Å². The van der Waals surface area contributed by atoms with Crippen LogP contribution in [0, 0.1) is 0 Å². The van der Waals surface area contributed by atoms with Crippen LogP contribution in [0.1, 0.15) is 65.2 Å². The number of ether oxygens (including phenoxy) is 4. The first-order chi connectivity index (χ1) is 42.9. The van der Waals surface area contributed by atoms with E-state index in [-0.39, 0.29) is 29.8 Å². The van der Waals surface area contributed by atoms with Gasteiger partial charge in [0.25, 0.3) is 12.5 Å². The summed E-state index contributed by atoms with van der Waals surface area (Å²) in [5, 5.41) is 20.0. The molecule has 21 nitrogen and oxygen atoms in total. The van der Waals surface area contributed by atoms with Gasteiger partial charge in [0.1, 0.15) is 20.2 Å². The van der Waals surface area contributed by atoms with Crippen molar-refractivity contribution in [3.8, 4) is 45.3 Å². The Hall–Kier alpha value is -7.85. The number of nitrogens with zero attached hydrogens (tertiary/aromatic N) is 1. The van der Waals surface area contributed by atoms with Crippen LogP contribution in [0.4, 0.5) is 22.7 Å². The molecule has 5 atom stereocenters. The number of quaternary nitrogens is 3. The zero-order chi connectivity index (χ0) is 62.7. The van der Waals surface area contributed by atoms with Crippen LogP contribution in [0.2, 0.25) is 0 Å². The summed E-state index contributed by atoms with van der Waals surface area (Å²) >= 11 is 0.780. The minimum absolute atomic E-state index is 0.0141. The van der Waals surface area contributed by atoms with E-state index in [0.717, 1.165) is 93.1 Å². The quantitative estimate of drug-likeness (QED) is 0.0125. The van der Waals surface area contributed by atoms with Crippen LogP contribution < -0.4 is 54.4 Å². The van der Waals surface area contributed by atoms with Crippen LogP contribution in [-0.4, -0.2) is 95.7 Å². The molecular formula is C65H70N6O15S3. The van der Waals surface area contributed by atoms with Crippen LogP contribution in [0.15, 0.2) is 190 Å². The third-order valence-electron chi connectivity index (χ3n) is 15.7. The fourth-order valence-electron chi connectivity index (χ4n) is 11.3. The lowest BCUT2D eigenvalue weighted by Crippen LogP contribution is -3.10. The van der Waals surface area contributed by atoms with Gasteiger partial charge in [-0.2, -0.15) is 4.33 Å². The summed E-state index contributed by atoms with van der Waals surface area (Å²) in [7, 11) is -7.37. The van der Waals surface area contributed by atoms with Crippen LogP contribution >= 0.6 is 12.0 Å². The van der Waals surface area contributed by atoms with E-state index in [1.165, 1.54) is 18.2 Å². The number of unbranched alkanes of at least 4 members (excludes halogenated alkanes) is 4. The summed E-state index contributed by atoms with van der Waals surface area (Å²) in [5.74, 6) is 2.73. The van der Waals surface area contributed by atoms with E-state index in [9.17, 15) is 40.8 Å². The minimum Gasteiger partial charge on any atom is -0.748 e. The molecule has 5 unspecified atom stereocenters. The summed E-state index contributed by atoms with van der Waals surface area (Å²) in [5.41, 5.74) is 8.68. The third kappa shape index (κ3) is 16.7. The van der Waals surface area contributed by atoms with Crippen molar-refractivity contribution in [1.29, 1.82) is 0 Å². The predicted octanol–water partition coefficient (Wildman–Crippen LogP) is 5.94. The average molecular weight is 1270 g/mol. The van der Waals surface area contributed by atoms with Crippen molar-refractivity contribution in [2.24, 2.45) is 0 Å². The number of hydrogen-bond donors (Lipinski definition) is 5. The SMILES string of the molecule is CC(/C=C1\Oc2ccc(S(=O)(=O)[O-])cc2[NH+]1C)=C\C1Oc2ccc(SOO[O-])cc2[NH+]1CCCCCC(=O)NCCNC(=O)CCCCCN1/C(=C/C(C)=C/C2Oc3ccc(-c4ccccc4)cc3[NH+]2CCS(=O)(=O)[O-])Oc2ccc(-c3ccccc3)cc21. The predicted molar refractivity (Wildman–Crippen MR) is 329 cm³/mol. The summed E-state index contributed by atoms with van der Waals surface area (Å²) in [6.07, 6.45) is 11.5. The molecule has 0 saturated carbocycles. The Labute approximate surface area is 522 Å². The van der Waals surface area contributed by atoms with Crippen molar-refractivity contribution >= 4 is 66.8 Å². The van der Waals surface area contributed by atoms with Crippen molar-refractivity contribution in [2.75, 3.05) is 50.4 Å². The minimum atomic E-state index is -4.65. The van der Waals surface area contributed by atoms with Gasteiger partial charge in [-0.25, -0.2) is 21.7 Å². The summed E-state index contributed by atoms with van der Waals surface area (Å²) in [6, 6.07) is 41.3. The zero-order valence-corrected chi connectivity index (χ0v) is 51.8. The number of amides is 2. The molecule has 0 saturated heterocycles. The molecule has 0 bridgehead atoms. The summed E-state index contributed by atoms with van der Waals surface area (Å²) in [4.78, 5) is 30.7. The van der Waals surface area contributed by atoms with Crippen LogP contribution in [0.5, 0.6) is 23.0 Å². The van der Waals surface area contributed by atoms with Gasteiger partial charge in [0.2, 0.25) is 17.7 Å². The molecule has 10 rings (SSSR count). The number of nitrogens with one attached hydrogen (secondary N) is 5. The number of allylic oxidation sites excluding steroid dienone is 4. The highest BCUT2D eigenvalue weighted by Gasteiger charge is 2.38. The van der Waals surface area contributed by atoms with Crippen LogP contribution in [-0.2, 0) is 39.2 Å². The third-order valence-corrected chi connectivity index (χ3v) is 17.8. The molecule has 6 aromatic rings. The standard InChI is InChI=1S/C65H70N6O15S3/c1-44(36-62-68(3)52-43-51(89(78,79)80)25-29-56(52)81-62)37-64-70(55-42-50(87-86-85-74)24-28-59(55)84-64)33-15-7-13-21-61(73)67-31-30-66-60(72)20-12-6-14-32-69-53-40-48(46-16-8-4-9-17-46)22-26-57(53)82-63(69)38-45(2)39-65-71(34-35-88(75,76)77)54-41-49(23-27-58(54)83-65)47-18-10-5-11-19-47/h4-5,8-11,16-19,22-29,36-43,64-65,74H,6-7,12-15,20-21,30-35H2,1-3H3,(H,66,72)(H,67,73)(H,75,76,77)(H,78,79,80)/b44-37+,45-39+,62-36-,63-38-. The number of benzene rings is 6. The van der Waals surface area contributed by atoms with E-state index in [1.807, 2.05) is 123 Å². The smallest absolute Gasteiger partial charge is 0.300 e. The van der Waals surface area contributed by atoms with E-state index >= 15 is 0 Å². The molecule has 4 heterocycles. The molecule has 89 heavy (non-hydrogen) atoms. The molecule has 0 spiro atoms. The van der Waals surface area contributed by atoms with Gasteiger partial charge < -0.3 is 48.8 Å². The molecule has 0 fully saturated rings. The van der Waals surface area contributed by atoms with E-state index in [4.69, 9.17) is 18.9 Å². The van der Waals surface area contributed by atoms with Gasteiger partial charge in [-0.15, -0.1) is 0 Å². The van der Waals surface area contributed by atoms with Crippen LogP contribution in [0.3, 0.4) is 0 Å². The van der Waals surface area contributed by atoms with Gasteiger partial charge in [0.15, 0.2) is 40.1 Å². The maximum Gasteiger partial charge on any atom is 0.300 e. The molecule has 5 N–H and O–H groups in total. The van der Waals surface area contributed by atoms with E-state index in [0.29, 0.717) is 100 Å². The first-order valence-electron chi connectivity index (χ1n) is 29.4. The lowest BCUT2D eigenvalue weighted by Gasteiger charge is -2.20. The van der Waals surface area contributed by atoms with Crippen molar-refractivity contribution < 1.29 is 83.8 Å². The highest BCUT2D eigenvalue weighted by atomic mass is 32.2. The molecule has 4 aliphatic heterocycles. The summed E-state index contributed by atoms with van der Waals surface area (Å²) < 4.78 is 101. The number of rotatable bonds is 28. The second-order valence-corrected chi connectivity index (χ2v) is 25.8. The Bertz CT molecular complexity index is 3900. The average Bonchev–Trinajstić information content (AvgIpc) is 1.90. The Balaban J connectivity index is 0.683. The van der Waals surface area contributed by atoms with Crippen LogP contribution in [0.25, 0.3) is 22.3 Å². The maximum atomic E-state index is 13.0. The molecule has 0 radical (unpaired) electrons. The number of fused-ring (bicyclic) bond motifs is 4. The monoisotopic (exact) mass is 1270 g/mol. The molecule has 0 aromatic heterocycles. The van der Waals surface area contributed by atoms with E-state index in [2.05, 4.69) is 43.1 Å². The van der Waals surface area contributed by atoms with Gasteiger partial charge >= 0.3 is 5.88 Å². The topological polar surface area (TPSA) is 268 Å². The second kappa shape index (κ2) is 29.2. The van der Waals surface area contributed by atoms with Gasteiger partial charge in [-0.1, -0.05) is 79.2 Å². The Kier molecular flexibility index (Phi) is 21.0. The molecule has 2 amide bonds. The highest BCUT2D eigenvalue weighted by Crippen LogP contribution is 2.43. The molecule has 6 aromatic carbocycles. The molecule has 24 heteroatoms. The zero-order valence-electron chi connectivity index (χ0n) is 49.4. The number of carbonyl (C=O) groups is 2. The Morgan fingerprint density at radius 3 is 1.82 bits per heavy atom. The highest BCUT2D eigenvalue weighted by molar-refractivity contribution is 7.94. The Morgan fingerprint density at radius 2 is 1.19 bits per heavy atom. The Morgan fingerprint density at radius 1 is 0.618 bits per heavy atom. The lowest BCUT2D eigenvalue weighted by atomic mass is 10.0. The van der Waals surface area contributed by atoms with Crippen molar-refractivity contribution in [3.63, 3.8) is 0 Å². The van der Waals surface area contributed by atoms with E-state index < -0.39 is 38.4 Å². The van der Waals surface area contributed by atoms with Crippen molar-refractivity contribution in [1.82, 2.24) is 10.6 Å². The first-order valence-corrected chi connectivity index (χ1v) is 33.2. The normalized spacial score (nSPS) is 19.4. The molecule has 0 aliphatic carbocycles. The number of anilines is 1. The number of hydrogen-bond acceptors (Lipinski definition) is 17. The van der Waals surface area contributed by atoms with Crippen molar-refractivity contribution in [3.05, 3.63) is 181 Å². The lowest BCUT2D eigenvalue weighted by molar-refractivity contribution is -0.862. The second-order valence-electron chi connectivity index (χ2n) is 22.1. The van der Waals surface area contributed by atoms with Crippen molar-refractivity contribution in [2.45, 2.75) is 87.5 Å². The molecule has 4 aliphatic rings. The van der Waals surface area contributed by atoms with Gasteiger partial charge in [-0.05, 0) is 122 Å². The van der Waals surface area contributed by atoms with Gasteiger partial charge in [0.05, 0.1) is 48.5 Å². The summed E-state index contributed by atoms with van der Waals surface area (Å²) in [6.45, 7) is 5.65.